The molecular formula is C22H23FN2O2S. The number of hydrogen-bond donors (Lipinski definition) is 0. The molecule has 0 N–H and O–H groups in total. The Morgan fingerprint density at radius 3 is 2.57 bits per heavy atom. The maximum Gasteiger partial charge on any atom is 0.266 e. The van der Waals surface area contributed by atoms with Crippen molar-refractivity contribution in [3.05, 3.63) is 64.8 Å². The number of thioether (sulfide) groups is 1. The van der Waals surface area contributed by atoms with Gasteiger partial charge in [0.05, 0.1) is 11.5 Å². The molecule has 0 aromatic heterocycles. The summed E-state index contributed by atoms with van der Waals surface area (Å²) >= 11 is 1.26. The van der Waals surface area contributed by atoms with E-state index in [0.717, 1.165) is 24.2 Å². The fourth-order valence-corrected chi connectivity index (χ4v) is 3.72. The van der Waals surface area contributed by atoms with Gasteiger partial charge in [0.2, 0.25) is 0 Å². The third-order valence-electron chi connectivity index (χ3n) is 4.22. The first kappa shape index (κ1) is 20.1. The molecule has 1 aliphatic heterocycles. The molecule has 28 heavy (non-hydrogen) atoms. The van der Waals surface area contributed by atoms with Crippen molar-refractivity contribution >= 4 is 34.6 Å². The molecule has 1 amide bonds. The highest BCUT2D eigenvalue weighted by molar-refractivity contribution is 8.18. The summed E-state index contributed by atoms with van der Waals surface area (Å²) in [6.45, 7) is 5.17. The maximum absolute atomic E-state index is 13.9. The Labute approximate surface area is 169 Å². The summed E-state index contributed by atoms with van der Waals surface area (Å²) in [6, 6.07) is 13.9. The van der Waals surface area contributed by atoms with E-state index >= 15 is 0 Å². The zero-order valence-electron chi connectivity index (χ0n) is 16.0. The second kappa shape index (κ2) is 9.55. The number of unbranched alkanes of at least 4 members (excludes halogenated alkanes) is 1. The van der Waals surface area contributed by atoms with Crippen LogP contribution in [0.15, 0.2) is 58.4 Å². The van der Waals surface area contributed by atoms with Gasteiger partial charge in [-0.1, -0.05) is 37.6 Å². The molecule has 4 nitrogen and oxygen atoms in total. The van der Waals surface area contributed by atoms with E-state index in [-0.39, 0.29) is 11.6 Å². The van der Waals surface area contributed by atoms with Gasteiger partial charge in [0.15, 0.2) is 5.17 Å². The third-order valence-corrected chi connectivity index (χ3v) is 5.22. The Kier molecular flexibility index (Phi) is 6.87. The van der Waals surface area contributed by atoms with Crippen LogP contribution in [-0.4, -0.2) is 29.1 Å². The summed E-state index contributed by atoms with van der Waals surface area (Å²) in [6.07, 6.45) is 3.94. The second-order valence-corrected chi connectivity index (χ2v) is 7.29. The number of carbonyl (C=O) groups excluding carboxylic acids is 1. The number of carbonyl (C=O) groups is 1. The van der Waals surface area contributed by atoms with Gasteiger partial charge in [-0.25, -0.2) is 9.38 Å². The smallest absolute Gasteiger partial charge is 0.266 e. The van der Waals surface area contributed by atoms with Crippen LogP contribution in [0.4, 0.5) is 10.1 Å². The lowest BCUT2D eigenvalue weighted by atomic mass is 10.2. The lowest BCUT2D eigenvalue weighted by Crippen LogP contribution is -2.28. The highest BCUT2D eigenvalue weighted by Gasteiger charge is 2.32. The first-order valence-corrected chi connectivity index (χ1v) is 10.2. The van der Waals surface area contributed by atoms with Crippen LogP contribution in [0.2, 0.25) is 0 Å². The molecule has 1 fully saturated rings. The molecule has 1 heterocycles. The number of ether oxygens (including phenoxy) is 1. The van der Waals surface area contributed by atoms with Crippen LogP contribution in [-0.2, 0) is 4.79 Å². The van der Waals surface area contributed by atoms with E-state index in [1.807, 2.05) is 37.3 Å². The molecule has 2 aromatic carbocycles. The van der Waals surface area contributed by atoms with E-state index in [1.54, 1.807) is 23.1 Å². The zero-order chi connectivity index (χ0) is 19.9. The third kappa shape index (κ3) is 4.81. The quantitative estimate of drug-likeness (QED) is 0.448. The summed E-state index contributed by atoms with van der Waals surface area (Å²) in [5, 5.41) is 0.489. The highest BCUT2D eigenvalue weighted by Crippen LogP contribution is 2.34. The van der Waals surface area contributed by atoms with Crippen molar-refractivity contribution in [2.24, 2.45) is 4.99 Å². The summed E-state index contributed by atoms with van der Waals surface area (Å²) in [5.41, 5.74) is 1.13. The second-order valence-electron chi connectivity index (χ2n) is 6.28. The van der Waals surface area contributed by atoms with Crippen molar-refractivity contribution in [2.75, 3.05) is 13.2 Å². The molecule has 1 aliphatic rings. The Bertz CT molecular complexity index is 894. The molecule has 0 unspecified atom stereocenters. The largest absolute Gasteiger partial charge is 0.494 e. The number of halogens is 1. The van der Waals surface area contributed by atoms with E-state index < -0.39 is 5.82 Å². The number of hydrogen-bond acceptors (Lipinski definition) is 4. The number of likely N-dealkylation sites (N-methyl/N-ethyl adjacent to an activating group) is 1. The topological polar surface area (TPSA) is 41.9 Å². The van der Waals surface area contributed by atoms with Gasteiger partial charge in [0, 0.05) is 6.54 Å². The standard InChI is InChI=1S/C22H23FN2O2S/c1-3-5-14-27-17-12-10-16(11-13-17)15-20-21(26)25(4-2)22(28-20)24-19-9-7-6-8-18(19)23/h6-13,15H,3-5,14H2,1-2H3/b20-15+,24-22?. The van der Waals surface area contributed by atoms with Crippen molar-refractivity contribution in [1.82, 2.24) is 4.90 Å². The van der Waals surface area contributed by atoms with Gasteiger partial charge < -0.3 is 4.74 Å². The lowest BCUT2D eigenvalue weighted by molar-refractivity contribution is -0.122. The van der Waals surface area contributed by atoms with Crippen molar-refractivity contribution in [3.63, 3.8) is 0 Å². The molecule has 146 valence electrons. The average Bonchev–Trinajstić information content (AvgIpc) is 2.99. The summed E-state index contributed by atoms with van der Waals surface area (Å²) in [5.74, 6) is 0.291. The fraction of sp³-hybridized carbons (Fsp3) is 0.273. The van der Waals surface area contributed by atoms with E-state index in [4.69, 9.17) is 4.74 Å². The lowest BCUT2D eigenvalue weighted by Gasteiger charge is -2.12. The molecule has 6 heteroatoms. The normalized spacial score (nSPS) is 17.0. The number of amides is 1. The Hall–Kier alpha value is -2.60. The minimum atomic E-state index is -0.407. The monoisotopic (exact) mass is 398 g/mol. The molecule has 0 bridgehead atoms. The van der Waals surface area contributed by atoms with Gasteiger partial charge >= 0.3 is 0 Å². The molecule has 0 aliphatic carbocycles. The van der Waals surface area contributed by atoms with Gasteiger partial charge in [0.25, 0.3) is 5.91 Å². The number of para-hydroxylation sites is 1. The van der Waals surface area contributed by atoms with Gasteiger partial charge in [-0.2, -0.15) is 0 Å². The average molecular weight is 399 g/mol. The van der Waals surface area contributed by atoms with E-state index in [2.05, 4.69) is 11.9 Å². The number of benzene rings is 2. The van der Waals surface area contributed by atoms with Crippen molar-refractivity contribution in [1.29, 1.82) is 0 Å². The first-order valence-electron chi connectivity index (χ1n) is 9.40. The summed E-state index contributed by atoms with van der Waals surface area (Å²) in [4.78, 5) is 19.2. The first-order chi connectivity index (χ1) is 13.6. The van der Waals surface area contributed by atoms with Crippen molar-refractivity contribution < 1.29 is 13.9 Å². The van der Waals surface area contributed by atoms with E-state index in [1.165, 1.54) is 17.8 Å². The van der Waals surface area contributed by atoms with Gasteiger partial charge in [-0.15, -0.1) is 0 Å². The number of nitrogens with zero attached hydrogens (tertiary/aromatic N) is 2. The predicted octanol–water partition coefficient (Wildman–Crippen LogP) is 5.63. The Balaban J connectivity index is 1.79. The van der Waals surface area contributed by atoms with Crippen molar-refractivity contribution in [2.45, 2.75) is 26.7 Å². The van der Waals surface area contributed by atoms with Crippen LogP contribution >= 0.6 is 11.8 Å². The molecular weight excluding hydrogens is 375 g/mol. The molecule has 2 aromatic rings. The van der Waals surface area contributed by atoms with E-state index in [0.29, 0.717) is 23.2 Å². The zero-order valence-corrected chi connectivity index (χ0v) is 16.8. The van der Waals surface area contributed by atoms with Gasteiger partial charge in [-0.05, 0) is 61.0 Å². The van der Waals surface area contributed by atoms with Crippen LogP contribution in [0.5, 0.6) is 5.75 Å². The molecule has 0 atom stereocenters. The SMILES string of the molecule is CCCCOc1ccc(/C=C2/SC(=Nc3ccccc3F)N(CC)C2=O)cc1. The maximum atomic E-state index is 13.9. The van der Waals surface area contributed by atoms with Gasteiger partial charge in [0.1, 0.15) is 17.3 Å². The minimum absolute atomic E-state index is 0.120. The van der Waals surface area contributed by atoms with Crippen LogP contribution in [0, 0.1) is 5.82 Å². The summed E-state index contributed by atoms with van der Waals surface area (Å²) in [7, 11) is 0. The minimum Gasteiger partial charge on any atom is -0.494 e. The van der Waals surface area contributed by atoms with E-state index in [9.17, 15) is 9.18 Å². The number of rotatable bonds is 7. The Morgan fingerprint density at radius 2 is 1.89 bits per heavy atom. The fourth-order valence-electron chi connectivity index (χ4n) is 2.66. The predicted molar refractivity (Wildman–Crippen MR) is 113 cm³/mol. The van der Waals surface area contributed by atoms with Crippen molar-refractivity contribution in [3.8, 4) is 5.75 Å². The Morgan fingerprint density at radius 1 is 1.14 bits per heavy atom. The highest BCUT2D eigenvalue weighted by atomic mass is 32.2. The molecule has 3 rings (SSSR count). The van der Waals surface area contributed by atoms with Crippen LogP contribution in [0.1, 0.15) is 32.3 Å². The molecule has 0 radical (unpaired) electrons. The van der Waals surface area contributed by atoms with Crippen LogP contribution < -0.4 is 4.74 Å². The summed E-state index contributed by atoms with van der Waals surface area (Å²) < 4.78 is 19.6. The number of aliphatic imine (C=N–C) groups is 1. The molecule has 0 spiro atoms. The van der Waals surface area contributed by atoms with Crippen LogP contribution in [0.25, 0.3) is 6.08 Å². The molecule has 0 saturated carbocycles. The van der Waals surface area contributed by atoms with Gasteiger partial charge in [-0.3, -0.25) is 9.69 Å². The number of amidine groups is 1. The molecule has 1 saturated heterocycles. The van der Waals surface area contributed by atoms with Crippen LogP contribution in [0.3, 0.4) is 0 Å².